The molecule has 27 heavy (non-hydrogen) atoms. The average molecular weight is 414 g/mol. The first-order valence-electron chi connectivity index (χ1n) is 8.03. The predicted octanol–water partition coefficient (Wildman–Crippen LogP) is 3.70. The quantitative estimate of drug-likeness (QED) is 0.613. The second kappa shape index (κ2) is 6.88. The molecular weight excluding hydrogens is 397 g/mol. The van der Waals surface area contributed by atoms with Gasteiger partial charge in [0.05, 0.1) is 10.9 Å². The van der Waals surface area contributed by atoms with Crippen molar-refractivity contribution in [2.75, 3.05) is 14.1 Å². The molecule has 1 aromatic carbocycles. The molecule has 1 aliphatic rings. The molecule has 2 aromatic rings. The predicted molar refractivity (Wildman–Crippen MR) is 100 cm³/mol. The number of carbonyl (C=O) groups is 1. The summed E-state index contributed by atoms with van der Waals surface area (Å²) in [5.41, 5.74) is -2.97. The number of hydrogen-bond acceptors (Lipinski definition) is 4. The first-order valence-corrected chi connectivity index (χ1v) is 9.32. The van der Waals surface area contributed by atoms with Gasteiger partial charge < -0.3 is 14.9 Å². The van der Waals surface area contributed by atoms with E-state index in [2.05, 4.69) is 0 Å². The normalized spacial score (nSPS) is 26.4. The highest BCUT2D eigenvalue weighted by molar-refractivity contribution is 7.80. The summed E-state index contributed by atoms with van der Waals surface area (Å²) in [7, 11) is 2.59. The third kappa shape index (κ3) is 3.03. The molecule has 1 aromatic heterocycles. The summed E-state index contributed by atoms with van der Waals surface area (Å²) in [5.74, 6) is -2.60. The zero-order chi connectivity index (χ0) is 20.0. The van der Waals surface area contributed by atoms with Crippen LogP contribution in [0.5, 0.6) is 0 Å². The number of ketones is 1. The largest absolute Gasteiger partial charge is 0.437 e. The molecule has 3 rings (SSSR count). The minimum atomic E-state index is -5.10. The second-order valence-electron chi connectivity index (χ2n) is 6.35. The van der Waals surface area contributed by atoms with E-state index in [0.29, 0.717) is 10.5 Å². The van der Waals surface area contributed by atoms with E-state index in [1.165, 1.54) is 18.0 Å². The summed E-state index contributed by atoms with van der Waals surface area (Å²) >= 11 is 6.21. The van der Waals surface area contributed by atoms with E-state index in [-0.39, 0.29) is 9.99 Å². The lowest BCUT2D eigenvalue weighted by Crippen LogP contribution is -2.72. The zero-order valence-electron chi connectivity index (χ0n) is 14.5. The minimum Gasteiger partial charge on any atom is -0.363 e. The molecule has 0 unspecified atom stereocenters. The fraction of sp³-hybridized carbons (Fsp3) is 0.333. The van der Waals surface area contributed by atoms with Gasteiger partial charge >= 0.3 is 6.18 Å². The van der Waals surface area contributed by atoms with Crippen molar-refractivity contribution < 1.29 is 23.1 Å². The number of nitrogens with zero attached hydrogens (tertiary/aromatic N) is 2. The summed E-state index contributed by atoms with van der Waals surface area (Å²) in [6.45, 7) is 0. The molecule has 1 N–H and O–H groups in total. The number of carbonyl (C=O) groups excluding carboxylic acids is 1. The number of benzene rings is 1. The molecule has 0 bridgehead atoms. The van der Waals surface area contributed by atoms with E-state index in [1.54, 1.807) is 41.8 Å². The molecule has 0 spiro atoms. The molecule has 2 heterocycles. The smallest absolute Gasteiger partial charge is 0.363 e. The second-order valence-corrected chi connectivity index (χ2v) is 7.66. The van der Waals surface area contributed by atoms with Gasteiger partial charge in [-0.1, -0.05) is 36.4 Å². The molecule has 0 radical (unpaired) electrons. The van der Waals surface area contributed by atoms with E-state index < -0.39 is 29.6 Å². The fourth-order valence-corrected chi connectivity index (χ4v) is 4.44. The van der Waals surface area contributed by atoms with Crippen LogP contribution < -0.4 is 0 Å². The number of Topliss-reactive ketones (excluding diaryl/α,β-unsaturated/α-hetero) is 1. The third-order valence-corrected chi connectivity index (χ3v) is 6.32. The van der Waals surface area contributed by atoms with E-state index in [1.807, 2.05) is 0 Å². The number of thiophene rings is 1. The SMILES string of the molecule is CN1C(=S)N(C)[C@](O)(C(F)(F)F)[C@@H](C(=O)c2cccs2)[C@H]1c1ccccc1. The van der Waals surface area contributed by atoms with Crippen molar-refractivity contribution in [1.82, 2.24) is 9.80 Å². The molecule has 1 saturated heterocycles. The van der Waals surface area contributed by atoms with Crippen molar-refractivity contribution >= 4 is 34.5 Å². The Hall–Kier alpha value is -1.97. The molecule has 0 saturated carbocycles. The Kier molecular flexibility index (Phi) is 5.04. The number of thiocarbonyl (C=S) groups is 1. The molecule has 1 aliphatic heterocycles. The van der Waals surface area contributed by atoms with Crippen molar-refractivity contribution in [2.24, 2.45) is 5.92 Å². The van der Waals surface area contributed by atoms with E-state index in [4.69, 9.17) is 12.2 Å². The number of alkyl halides is 3. The van der Waals surface area contributed by atoms with Crippen molar-refractivity contribution in [3.05, 3.63) is 58.3 Å². The van der Waals surface area contributed by atoms with Crippen LogP contribution in [0, 0.1) is 5.92 Å². The molecule has 3 atom stereocenters. The Bertz CT molecular complexity index is 842. The summed E-state index contributed by atoms with van der Waals surface area (Å²) < 4.78 is 42.3. The zero-order valence-corrected chi connectivity index (χ0v) is 16.1. The molecule has 9 heteroatoms. The summed E-state index contributed by atoms with van der Waals surface area (Å²) in [6.07, 6.45) is -5.10. The number of rotatable bonds is 3. The minimum absolute atomic E-state index is 0.151. The Morgan fingerprint density at radius 1 is 1.19 bits per heavy atom. The van der Waals surface area contributed by atoms with Crippen LogP contribution in [0.2, 0.25) is 0 Å². The van der Waals surface area contributed by atoms with Gasteiger partial charge in [-0.05, 0) is 29.2 Å². The maximum atomic E-state index is 14.1. The lowest BCUT2D eigenvalue weighted by atomic mass is 9.77. The molecule has 1 fully saturated rings. The summed E-state index contributed by atoms with van der Waals surface area (Å²) in [5, 5.41) is 12.3. The highest BCUT2D eigenvalue weighted by atomic mass is 32.1. The van der Waals surface area contributed by atoms with Gasteiger partial charge in [-0.15, -0.1) is 11.3 Å². The van der Waals surface area contributed by atoms with Crippen LogP contribution in [0.3, 0.4) is 0 Å². The Morgan fingerprint density at radius 2 is 1.81 bits per heavy atom. The first-order chi connectivity index (χ1) is 12.6. The van der Waals surface area contributed by atoms with Gasteiger partial charge in [-0.25, -0.2) is 0 Å². The van der Waals surface area contributed by atoms with Crippen LogP contribution >= 0.6 is 23.6 Å². The standard InChI is InChI=1S/C18H17F3N2O2S2/c1-22-14(11-7-4-3-5-8-11)13(15(24)12-9-6-10-27-12)17(25,18(19,20)21)23(2)16(22)26/h3-10,13-14,25H,1-2H3/t13-,14-,17-/m1/s1. The van der Waals surface area contributed by atoms with Gasteiger partial charge in [0.15, 0.2) is 10.9 Å². The topological polar surface area (TPSA) is 43.8 Å². The van der Waals surface area contributed by atoms with Gasteiger partial charge in [-0.3, -0.25) is 4.79 Å². The monoisotopic (exact) mass is 414 g/mol. The highest BCUT2D eigenvalue weighted by Gasteiger charge is 2.69. The van der Waals surface area contributed by atoms with Gasteiger partial charge in [-0.2, -0.15) is 13.2 Å². The van der Waals surface area contributed by atoms with Crippen LogP contribution in [-0.4, -0.2) is 51.8 Å². The van der Waals surface area contributed by atoms with E-state index in [9.17, 15) is 23.1 Å². The number of aliphatic hydroxyl groups is 1. The van der Waals surface area contributed by atoms with Crippen LogP contribution in [0.15, 0.2) is 47.8 Å². The third-order valence-electron chi connectivity index (χ3n) is 4.87. The highest BCUT2D eigenvalue weighted by Crippen LogP contribution is 2.50. The molecule has 0 amide bonds. The van der Waals surface area contributed by atoms with Crippen molar-refractivity contribution in [3.8, 4) is 0 Å². The maximum absolute atomic E-state index is 14.1. The van der Waals surface area contributed by atoms with Crippen molar-refractivity contribution in [2.45, 2.75) is 17.9 Å². The average Bonchev–Trinajstić information content (AvgIpc) is 3.16. The van der Waals surface area contributed by atoms with Crippen LogP contribution in [0.1, 0.15) is 21.3 Å². The fourth-order valence-electron chi connectivity index (χ4n) is 3.48. The van der Waals surface area contributed by atoms with Gasteiger partial charge in [0.1, 0.15) is 5.92 Å². The summed E-state index contributed by atoms with van der Waals surface area (Å²) in [4.78, 5) is 15.3. The molecule has 0 aliphatic carbocycles. The van der Waals surface area contributed by atoms with Gasteiger partial charge in [0.2, 0.25) is 0 Å². The lowest BCUT2D eigenvalue weighted by molar-refractivity contribution is -0.324. The number of halogens is 3. The maximum Gasteiger partial charge on any atom is 0.437 e. The van der Waals surface area contributed by atoms with Crippen molar-refractivity contribution in [1.29, 1.82) is 0 Å². The lowest BCUT2D eigenvalue weighted by Gasteiger charge is -2.54. The van der Waals surface area contributed by atoms with Crippen LogP contribution in [0.25, 0.3) is 0 Å². The van der Waals surface area contributed by atoms with E-state index >= 15 is 0 Å². The Balaban J connectivity index is 2.25. The van der Waals surface area contributed by atoms with Gasteiger partial charge in [0, 0.05) is 14.1 Å². The van der Waals surface area contributed by atoms with E-state index in [0.717, 1.165) is 18.4 Å². The Morgan fingerprint density at radius 3 is 2.33 bits per heavy atom. The van der Waals surface area contributed by atoms with Crippen LogP contribution in [-0.2, 0) is 0 Å². The molecule has 4 nitrogen and oxygen atoms in total. The van der Waals surface area contributed by atoms with Gasteiger partial charge in [0.25, 0.3) is 5.72 Å². The van der Waals surface area contributed by atoms with Crippen molar-refractivity contribution in [3.63, 3.8) is 0 Å². The Labute approximate surface area is 163 Å². The van der Waals surface area contributed by atoms with Crippen LogP contribution in [0.4, 0.5) is 13.2 Å². The number of hydrogen-bond donors (Lipinski definition) is 1. The summed E-state index contributed by atoms with van der Waals surface area (Å²) in [6, 6.07) is 10.3. The first kappa shape index (κ1) is 19.8. The molecular formula is C18H17F3N2O2S2. The molecule has 144 valence electrons.